The molecule has 1 aromatic carbocycles. The van der Waals surface area contributed by atoms with Crippen LogP contribution in [0.1, 0.15) is 40.8 Å². The third-order valence-corrected chi connectivity index (χ3v) is 6.17. The van der Waals surface area contributed by atoms with Gasteiger partial charge in [-0.05, 0) is 49.3 Å². The average Bonchev–Trinajstić information content (AvgIpc) is 2.83. The second-order valence-corrected chi connectivity index (χ2v) is 8.12. The number of anilines is 1. The summed E-state index contributed by atoms with van der Waals surface area (Å²) < 4.78 is 0. The minimum absolute atomic E-state index is 0.329. The lowest BCUT2D eigenvalue weighted by Gasteiger charge is -2.36. The Hall–Kier alpha value is -3.40. The fraction of sp³-hybridized carbons (Fsp3) is 0.417. The molecule has 1 N–H and O–H groups in total. The summed E-state index contributed by atoms with van der Waals surface area (Å²) in [4.78, 5) is 33.3. The van der Waals surface area contributed by atoms with Crippen molar-refractivity contribution in [3.05, 3.63) is 58.3 Å². The van der Waals surface area contributed by atoms with E-state index in [0.29, 0.717) is 38.3 Å². The summed E-state index contributed by atoms with van der Waals surface area (Å²) >= 11 is 0. The van der Waals surface area contributed by atoms with E-state index >= 15 is 0 Å². The Bertz CT molecular complexity index is 1020. The molecule has 2 heterocycles. The maximum Gasteiger partial charge on any atom is 0.312 e. The number of rotatable bonds is 3. The van der Waals surface area contributed by atoms with E-state index < -0.39 is 11.8 Å². The summed E-state index contributed by atoms with van der Waals surface area (Å²) in [5.41, 5.74) is 5.01. The van der Waals surface area contributed by atoms with Crippen LogP contribution in [-0.2, 0) is 29.0 Å². The van der Waals surface area contributed by atoms with E-state index in [9.17, 15) is 14.9 Å². The number of nitrogens with zero attached hydrogens (tertiary/aromatic N) is 4. The topological polar surface area (TPSA) is 89.3 Å². The highest BCUT2D eigenvalue weighted by Crippen LogP contribution is 2.32. The number of carbonyl (C=O) groups is 2. The van der Waals surface area contributed by atoms with Gasteiger partial charge in [-0.15, -0.1) is 0 Å². The predicted octanol–water partition coefficient (Wildman–Crippen LogP) is 2.11. The lowest BCUT2D eigenvalue weighted by atomic mass is 9.88. The molecule has 1 fully saturated rings. The molecule has 0 spiro atoms. The molecule has 1 aromatic heterocycles. The van der Waals surface area contributed by atoms with Gasteiger partial charge in [-0.3, -0.25) is 9.59 Å². The first-order valence-corrected chi connectivity index (χ1v) is 10.9. The van der Waals surface area contributed by atoms with Gasteiger partial charge in [0.2, 0.25) is 0 Å². The molecule has 4 rings (SSSR count). The van der Waals surface area contributed by atoms with Crippen molar-refractivity contribution in [1.82, 2.24) is 15.2 Å². The fourth-order valence-corrected chi connectivity index (χ4v) is 4.46. The molecule has 2 aromatic rings. The number of aryl methyl sites for hydroxylation is 1. The van der Waals surface area contributed by atoms with Crippen LogP contribution >= 0.6 is 0 Å². The van der Waals surface area contributed by atoms with Crippen LogP contribution < -0.4 is 10.2 Å². The summed E-state index contributed by atoms with van der Waals surface area (Å²) in [5, 5.41) is 12.5. The number of fused-ring (bicyclic) bond motifs is 1. The van der Waals surface area contributed by atoms with Crippen LogP contribution in [0.25, 0.3) is 0 Å². The van der Waals surface area contributed by atoms with Crippen molar-refractivity contribution in [1.29, 1.82) is 5.26 Å². The summed E-state index contributed by atoms with van der Waals surface area (Å²) in [6, 6.07) is 11.9. The monoisotopic (exact) mass is 417 g/mol. The Morgan fingerprint density at radius 3 is 2.42 bits per heavy atom. The van der Waals surface area contributed by atoms with Gasteiger partial charge in [0.05, 0.1) is 5.56 Å². The zero-order valence-corrected chi connectivity index (χ0v) is 17.9. The SMILES string of the molecule is Cc1nc(N2CCN(C(=O)C(=O)NCc3ccccc3)CC2)c(C#N)c2c1CCCC2. The van der Waals surface area contributed by atoms with Crippen molar-refractivity contribution < 1.29 is 9.59 Å². The van der Waals surface area contributed by atoms with Crippen LogP contribution in [-0.4, -0.2) is 47.9 Å². The number of aromatic nitrogens is 1. The lowest BCUT2D eigenvalue weighted by Crippen LogP contribution is -2.53. The molecule has 1 aliphatic carbocycles. The van der Waals surface area contributed by atoms with E-state index in [2.05, 4.69) is 16.3 Å². The number of hydrogen-bond donors (Lipinski definition) is 1. The van der Waals surface area contributed by atoms with Crippen molar-refractivity contribution in [3.63, 3.8) is 0 Å². The van der Waals surface area contributed by atoms with Crippen molar-refractivity contribution in [3.8, 4) is 6.07 Å². The molecule has 0 radical (unpaired) electrons. The van der Waals surface area contributed by atoms with Gasteiger partial charge in [0.15, 0.2) is 0 Å². The van der Waals surface area contributed by atoms with Crippen LogP contribution in [0.15, 0.2) is 30.3 Å². The zero-order valence-electron chi connectivity index (χ0n) is 17.9. The summed E-state index contributed by atoms with van der Waals surface area (Å²) in [6.07, 6.45) is 4.16. The molecule has 2 aliphatic rings. The van der Waals surface area contributed by atoms with E-state index in [1.807, 2.05) is 37.3 Å². The Morgan fingerprint density at radius 2 is 1.74 bits per heavy atom. The molecular formula is C24H27N5O2. The number of hydrogen-bond acceptors (Lipinski definition) is 5. The van der Waals surface area contributed by atoms with Crippen LogP contribution in [0.3, 0.4) is 0 Å². The Kier molecular flexibility index (Phi) is 6.17. The van der Waals surface area contributed by atoms with Crippen molar-refractivity contribution >= 4 is 17.6 Å². The standard InChI is InChI=1S/C24H27N5O2/c1-17-19-9-5-6-10-20(19)21(15-25)22(27-17)28-11-13-29(14-12-28)24(31)23(30)26-16-18-7-3-2-4-8-18/h2-4,7-8H,5-6,9-14,16H2,1H3,(H,26,30). The van der Waals surface area contributed by atoms with Gasteiger partial charge >= 0.3 is 11.8 Å². The van der Waals surface area contributed by atoms with Crippen molar-refractivity contribution in [2.75, 3.05) is 31.1 Å². The molecule has 2 amide bonds. The van der Waals surface area contributed by atoms with Gasteiger partial charge in [-0.2, -0.15) is 5.26 Å². The minimum Gasteiger partial charge on any atom is -0.352 e. The third-order valence-electron chi connectivity index (χ3n) is 6.17. The highest BCUT2D eigenvalue weighted by Gasteiger charge is 2.29. The molecular weight excluding hydrogens is 390 g/mol. The Balaban J connectivity index is 1.40. The molecule has 7 heteroatoms. The van der Waals surface area contributed by atoms with E-state index in [1.165, 1.54) is 5.56 Å². The molecule has 160 valence electrons. The fourth-order valence-electron chi connectivity index (χ4n) is 4.46. The van der Waals surface area contributed by atoms with Gasteiger partial charge in [0, 0.05) is 38.4 Å². The smallest absolute Gasteiger partial charge is 0.312 e. The predicted molar refractivity (Wildman–Crippen MR) is 117 cm³/mol. The van der Waals surface area contributed by atoms with Gasteiger partial charge in [0.25, 0.3) is 0 Å². The first-order valence-electron chi connectivity index (χ1n) is 10.9. The second kappa shape index (κ2) is 9.17. The van der Waals surface area contributed by atoms with Crippen LogP contribution in [0.2, 0.25) is 0 Å². The molecule has 0 bridgehead atoms. The zero-order chi connectivity index (χ0) is 21.8. The van der Waals surface area contributed by atoms with Gasteiger partial charge in [0.1, 0.15) is 11.9 Å². The Labute approximate surface area is 182 Å². The average molecular weight is 418 g/mol. The third kappa shape index (κ3) is 4.38. The molecule has 1 aliphatic heterocycles. The first-order chi connectivity index (χ1) is 15.1. The number of benzene rings is 1. The summed E-state index contributed by atoms with van der Waals surface area (Å²) in [5.74, 6) is -0.371. The largest absolute Gasteiger partial charge is 0.352 e. The van der Waals surface area contributed by atoms with Crippen LogP contribution in [0.4, 0.5) is 5.82 Å². The number of amides is 2. The van der Waals surface area contributed by atoms with E-state index in [0.717, 1.165) is 48.3 Å². The van der Waals surface area contributed by atoms with Gasteiger partial charge in [-0.1, -0.05) is 30.3 Å². The minimum atomic E-state index is -0.585. The van der Waals surface area contributed by atoms with Gasteiger partial charge < -0.3 is 15.1 Å². The lowest BCUT2D eigenvalue weighted by molar-refractivity contribution is -0.146. The Morgan fingerprint density at radius 1 is 1.06 bits per heavy atom. The quantitative estimate of drug-likeness (QED) is 0.773. The van der Waals surface area contributed by atoms with Crippen LogP contribution in [0.5, 0.6) is 0 Å². The molecule has 1 saturated heterocycles. The van der Waals surface area contributed by atoms with E-state index in [4.69, 9.17) is 4.98 Å². The van der Waals surface area contributed by atoms with E-state index in [-0.39, 0.29) is 0 Å². The number of carbonyl (C=O) groups excluding carboxylic acids is 2. The number of piperazine rings is 1. The maximum atomic E-state index is 12.6. The summed E-state index contributed by atoms with van der Waals surface area (Å²) in [6.45, 7) is 4.32. The second-order valence-electron chi connectivity index (χ2n) is 8.12. The first kappa shape index (κ1) is 20.9. The van der Waals surface area contributed by atoms with Crippen molar-refractivity contribution in [2.24, 2.45) is 0 Å². The molecule has 0 unspecified atom stereocenters. The molecule has 31 heavy (non-hydrogen) atoms. The number of pyridine rings is 1. The van der Waals surface area contributed by atoms with Crippen LogP contribution in [0, 0.1) is 18.3 Å². The number of nitrogens with one attached hydrogen (secondary N) is 1. The van der Waals surface area contributed by atoms with Gasteiger partial charge in [-0.25, -0.2) is 4.98 Å². The maximum absolute atomic E-state index is 12.6. The molecule has 0 atom stereocenters. The molecule has 0 saturated carbocycles. The number of nitriles is 1. The van der Waals surface area contributed by atoms with Crippen molar-refractivity contribution in [2.45, 2.75) is 39.2 Å². The molecule has 7 nitrogen and oxygen atoms in total. The normalized spacial score (nSPS) is 15.7. The summed E-state index contributed by atoms with van der Waals surface area (Å²) in [7, 11) is 0. The van der Waals surface area contributed by atoms with E-state index in [1.54, 1.807) is 4.90 Å². The highest BCUT2D eigenvalue weighted by atomic mass is 16.2. The highest BCUT2D eigenvalue weighted by molar-refractivity contribution is 6.35.